The summed E-state index contributed by atoms with van der Waals surface area (Å²) >= 11 is 0. The Morgan fingerprint density at radius 3 is 2.24 bits per heavy atom. The van der Waals surface area contributed by atoms with Crippen LogP contribution in [0.2, 0.25) is 0 Å². The molecular formula is C19H25N3O3. The average Bonchev–Trinajstić information content (AvgIpc) is 2.59. The summed E-state index contributed by atoms with van der Waals surface area (Å²) in [6.45, 7) is 6.72. The molecule has 6 heteroatoms. The Morgan fingerprint density at radius 1 is 1.20 bits per heavy atom. The zero-order chi connectivity index (χ0) is 18.6. The summed E-state index contributed by atoms with van der Waals surface area (Å²) in [4.78, 5) is 28.1. The van der Waals surface area contributed by atoms with Crippen molar-refractivity contribution in [1.29, 1.82) is 5.26 Å². The van der Waals surface area contributed by atoms with Crippen LogP contribution in [0.3, 0.4) is 0 Å². The van der Waals surface area contributed by atoms with Gasteiger partial charge in [0.1, 0.15) is 5.60 Å². The van der Waals surface area contributed by atoms with Gasteiger partial charge in [0.15, 0.2) is 0 Å². The Labute approximate surface area is 149 Å². The number of nitriles is 1. The molecule has 0 atom stereocenters. The molecule has 134 valence electrons. The van der Waals surface area contributed by atoms with Gasteiger partial charge in [0.25, 0.3) is 5.91 Å². The molecule has 1 aliphatic heterocycles. The van der Waals surface area contributed by atoms with E-state index in [-0.39, 0.29) is 18.0 Å². The fourth-order valence-electron chi connectivity index (χ4n) is 2.81. The van der Waals surface area contributed by atoms with Gasteiger partial charge in [0, 0.05) is 31.7 Å². The molecule has 0 unspecified atom stereocenters. The molecule has 1 aromatic rings. The lowest BCUT2D eigenvalue weighted by Gasteiger charge is -2.37. The molecule has 0 N–H and O–H groups in total. The van der Waals surface area contributed by atoms with E-state index in [9.17, 15) is 9.59 Å². The topological polar surface area (TPSA) is 73.6 Å². The van der Waals surface area contributed by atoms with Crippen molar-refractivity contribution in [1.82, 2.24) is 9.80 Å². The van der Waals surface area contributed by atoms with Gasteiger partial charge in [-0.05, 0) is 57.9 Å². The number of hydrogen-bond acceptors (Lipinski definition) is 4. The van der Waals surface area contributed by atoms with Crippen LogP contribution in [0.4, 0.5) is 4.79 Å². The van der Waals surface area contributed by atoms with Gasteiger partial charge in [-0.3, -0.25) is 4.79 Å². The highest BCUT2D eigenvalue weighted by Gasteiger charge is 2.30. The molecular weight excluding hydrogens is 318 g/mol. The molecule has 0 bridgehead atoms. The number of benzene rings is 1. The summed E-state index contributed by atoms with van der Waals surface area (Å²) in [5.41, 5.74) is 0.601. The van der Waals surface area contributed by atoms with Gasteiger partial charge >= 0.3 is 6.09 Å². The molecule has 0 aromatic heterocycles. The van der Waals surface area contributed by atoms with Crippen molar-refractivity contribution in [3.05, 3.63) is 35.4 Å². The number of carbonyl (C=O) groups excluding carboxylic acids is 2. The molecule has 2 rings (SSSR count). The lowest BCUT2D eigenvalue weighted by Crippen LogP contribution is -2.48. The molecule has 0 spiro atoms. The van der Waals surface area contributed by atoms with Crippen LogP contribution in [-0.2, 0) is 4.74 Å². The first-order chi connectivity index (χ1) is 11.7. The van der Waals surface area contributed by atoms with Crippen LogP contribution in [-0.4, -0.2) is 53.6 Å². The van der Waals surface area contributed by atoms with Crippen LogP contribution in [0, 0.1) is 11.3 Å². The molecule has 1 heterocycles. The number of amides is 2. The van der Waals surface area contributed by atoms with Gasteiger partial charge in [0.2, 0.25) is 0 Å². The van der Waals surface area contributed by atoms with Gasteiger partial charge in [0.05, 0.1) is 11.6 Å². The van der Waals surface area contributed by atoms with E-state index in [1.165, 1.54) is 0 Å². The van der Waals surface area contributed by atoms with E-state index in [4.69, 9.17) is 10.00 Å². The SMILES string of the molecule is CN(C(=O)OC(C)(C)C)C1CCN(C(=O)c2ccc(C#N)cc2)CC1. The molecule has 1 aliphatic rings. The summed E-state index contributed by atoms with van der Waals surface area (Å²) in [6.07, 6.45) is 1.11. The summed E-state index contributed by atoms with van der Waals surface area (Å²) in [5.74, 6) is -0.0390. The molecule has 0 saturated carbocycles. The van der Waals surface area contributed by atoms with Crippen LogP contribution >= 0.6 is 0 Å². The minimum absolute atomic E-state index is 0.0390. The Hall–Kier alpha value is -2.55. The maximum Gasteiger partial charge on any atom is 0.410 e. The van der Waals surface area contributed by atoms with Gasteiger partial charge in [-0.2, -0.15) is 5.26 Å². The maximum absolute atomic E-state index is 12.5. The lowest BCUT2D eigenvalue weighted by atomic mass is 10.0. The quantitative estimate of drug-likeness (QED) is 0.827. The highest BCUT2D eigenvalue weighted by Crippen LogP contribution is 2.20. The zero-order valence-electron chi connectivity index (χ0n) is 15.3. The molecule has 6 nitrogen and oxygen atoms in total. The van der Waals surface area contributed by atoms with Gasteiger partial charge in [-0.25, -0.2) is 4.79 Å². The van der Waals surface area contributed by atoms with Crippen molar-refractivity contribution in [2.45, 2.75) is 45.3 Å². The van der Waals surface area contributed by atoms with Crippen molar-refractivity contribution in [3.8, 4) is 6.07 Å². The molecule has 0 radical (unpaired) electrons. The summed E-state index contributed by atoms with van der Waals surface area (Å²) in [7, 11) is 1.75. The molecule has 1 saturated heterocycles. The first kappa shape index (κ1) is 18.8. The van der Waals surface area contributed by atoms with Gasteiger partial charge in [-0.1, -0.05) is 0 Å². The normalized spacial score (nSPS) is 15.4. The Kier molecular flexibility index (Phi) is 5.68. The second kappa shape index (κ2) is 7.56. The van der Waals surface area contributed by atoms with Crippen LogP contribution in [0.5, 0.6) is 0 Å². The summed E-state index contributed by atoms with van der Waals surface area (Å²) in [6, 6.07) is 8.77. The number of likely N-dealkylation sites (tertiary alicyclic amines) is 1. The fourth-order valence-corrected chi connectivity index (χ4v) is 2.81. The predicted octanol–water partition coefficient (Wildman–Crippen LogP) is 3.03. The third kappa shape index (κ3) is 4.96. The minimum atomic E-state index is -0.516. The number of ether oxygens (including phenoxy) is 1. The summed E-state index contributed by atoms with van der Waals surface area (Å²) < 4.78 is 5.40. The molecule has 1 fully saturated rings. The molecule has 25 heavy (non-hydrogen) atoms. The van der Waals surface area contributed by atoms with E-state index in [0.29, 0.717) is 24.2 Å². The van der Waals surface area contributed by atoms with Crippen molar-refractivity contribution < 1.29 is 14.3 Å². The third-order valence-corrected chi connectivity index (χ3v) is 4.24. The highest BCUT2D eigenvalue weighted by atomic mass is 16.6. The van der Waals surface area contributed by atoms with Gasteiger partial charge in [-0.15, -0.1) is 0 Å². The largest absolute Gasteiger partial charge is 0.444 e. The maximum atomic E-state index is 12.5. The smallest absolute Gasteiger partial charge is 0.410 e. The lowest BCUT2D eigenvalue weighted by molar-refractivity contribution is 0.0156. The van der Waals surface area contributed by atoms with Crippen LogP contribution < -0.4 is 0 Å². The van der Waals surface area contributed by atoms with Gasteiger partial charge < -0.3 is 14.5 Å². The average molecular weight is 343 g/mol. The van der Waals surface area contributed by atoms with E-state index in [1.807, 2.05) is 26.8 Å². The number of rotatable bonds is 2. The van der Waals surface area contributed by atoms with Crippen molar-refractivity contribution in [2.24, 2.45) is 0 Å². The Bertz CT molecular complexity index is 663. The van der Waals surface area contributed by atoms with E-state index in [2.05, 4.69) is 0 Å². The Morgan fingerprint density at radius 2 is 1.76 bits per heavy atom. The molecule has 0 aliphatic carbocycles. The van der Waals surface area contributed by atoms with E-state index in [1.54, 1.807) is 41.1 Å². The molecule has 1 aromatic carbocycles. The standard InChI is InChI=1S/C19H25N3O3/c1-19(2,3)25-18(24)21(4)16-9-11-22(12-10-16)17(23)15-7-5-14(13-20)6-8-15/h5-8,16H,9-12H2,1-4H3. The Balaban J connectivity index is 1.91. The van der Waals surface area contributed by atoms with Crippen molar-refractivity contribution in [2.75, 3.05) is 20.1 Å². The number of hydrogen-bond donors (Lipinski definition) is 0. The number of nitrogens with zero attached hydrogens (tertiary/aromatic N) is 3. The molecule has 2 amide bonds. The third-order valence-electron chi connectivity index (χ3n) is 4.24. The van der Waals surface area contributed by atoms with Crippen LogP contribution in [0.15, 0.2) is 24.3 Å². The van der Waals surface area contributed by atoms with Crippen molar-refractivity contribution >= 4 is 12.0 Å². The highest BCUT2D eigenvalue weighted by molar-refractivity contribution is 5.94. The predicted molar refractivity (Wildman–Crippen MR) is 94.1 cm³/mol. The monoisotopic (exact) mass is 343 g/mol. The number of carbonyl (C=O) groups is 2. The fraction of sp³-hybridized carbons (Fsp3) is 0.526. The van der Waals surface area contributed by atoms with Crippen LogP contribution in [0.25, 0.3) is 0 Å². The first-order valence-electron chi connectivity index (χ1n) is 8.46. The summed E-state index contributed by atoms with van der Waals surface area (Å²) in [5, 5.41) is 8.82. The van der Waals surface area contributed by atoms with Crippen molar-refractivity contribution in [3.63, 3.8) is 0 Å². The first-order valence-corrected chi connectivity index (χ1v) is 8.46. The zero-order valence-corrected chi connectivity index (χ0v) is 15.3. The minimum Gasteiger partial charge on any atom is -0.444 e. The van der Waals surface area contributed by atoms with Crippen LogP contribution in [0.1, 0.15) is 49.5 Å². The van der Waals surface area contributed by atoms with E-state index < -0.39 is 5.60 Å². The number of piperidine rings is 1. The van der Waals surface area contributed by atoms with E-state index >= 15 is 0 Å². The second-order valence-electron chi connectivity index (χ2n) is 7.30. The van der Waals surface area contributed by atoms with E-state index in [0.717, 1.165) is 12.8 Å². The second-order valence-corrected chi connectivity index (χ2v) is 7.30.